The molecule has 2 aromatic rings. The van der Waals surface area contributed by atoms with Crippen LogP contribution in [0, 0.1) is 0 Å². The third-order valence-corrected chi connectivity index (χ3v) is 5.60. The number of halogens is 1. The normalized spacial score (nSPS) is 11.1. The first kappa shape index (κ1) is 20.1. The summed E-state index contributed by atoms with van der Waals surface area (Å²) in [5.74, 6) is -0.701. The highest BCUT2D eigenvalue weighted by Crippen LogP contribution is 2.32. The molecule has 26 heavy (non-hydrogen) atoms. The fourth-order valence-corrected chi connectivity index (χ4v) is 4.13. The zero-order valence-electron chi connectivity index (χ0n) is 14.8. The largest absolute Gasteiger partial charge is 0.462 e. The quantitative estimate of drug-likeness (QED) is 0.544. The summed E-state index contributed by atoms with van der Waals surface area (Å²) in [5.41, 5.74) is 1.47. The minimum Gasteiger partial charge on any atom is -0.462 e. The lowest BCUT2D eigenvalue weighted by Gasteiger charge is -2.13. The van der Waals surface area contributed by atoms with E-state index < -0.39 is 15.8 Å². The molecule has 0 radical (unpaired) electrons. The molecule has 0 amide bonds. The van der Waals surface area contributed by atoms with Crippen LogP contribution in [-0.2, 0) is 14.6 Å². The van der Waals surface area contributed by atoms with Gasteiger partial charge >= 0.3 is 5.97 Å². The van der Waals surface area contributed by atoms with Crippen molar-refractivity contribution in [3.8, 4) is 0 Å². The van der Waals surface area contributed by atoms with Gasteiger partial charge in [0.1, 0.15) is 4.90 Å². The summed E-state index contributed by atoms with van der Waals surface area (Å²) in [6.45, 7) is 6.17. The summed E-state index contributed by atoms with van der Waals surface area (Å²) in [6, 6.07) is 4.57. The molecule has 0 atom stereocenters. The van der Waals surface area contributed by atoms with Gasteiger partial charge in [0.15, 0.2) is 0 Å². The summed E-state index contributed by atoms with van der Waals surface area (Å²) >= 11 is 6.02. The maximum absolute atomic E-state index is 13.2. The molecular weight excluding hydrogens is 376 g/mol. The second-order valence-corrected chi connectivity index (χ2v) is 8.08. The molecule has 0 saturated carbocycles. The van der Waals surface area contributed by atoms with Crippen LogP contribution in [0.1, 0.15) is 31.1 Å². The van der Waals surface area contributed by atoms with Gasteiger partial charge in [0.05, 0.1) is 22.8 Å². The molecule has 0 aliphatic rings. The Labute approximate surface area is 158 Å². The lowest BCUT2D eigenvalue weighted by Crippen LogP contribution is -2.12. The number of H-pyrrole nitrogens is 1. The third kappa shape index (κ3) is 4.47. The van der Waals surface area contributed by atoms with Crippen LogP contribution >= 0.6 is 11.6 Å². The fraction of sp³-hybridized carbons (Fsp3) is 0.278. The van der Waals surface area contributed by atoms with Gasteiger partial charge in [-0.25, -0.2) is 13.2 Å². The van der Waals surface area contributed by atoms with Gasteiger partial charge in [0.25, 0.3) is 0 Å². The van der Waals surface area contributed by atoms with Crippen LogP contribution in [0.3, 0.4) is 0 Å². The Bertz CT molecular complexity index is 928. The van der Waals surface area contributed by atoms with Crippen LogP contribution in [0.15, 0.2) is 52.0 Å². The highest BCUT2D eigenvalue weighted by Gasteiger charge is 2.28. The van der Waals surface area contributed by atoms with Crippen LogP contribution in [0.5, 0.6) is 0 Å². The third-order valence-electron chi connectivity index (χ3n) is 3.53. The van der Waals surface area contributed by atoms with Crippen molar-refractivity contribution in [3.63, 3.8) is 0 Å². The van der Waals surface area contributed by atoms with Gasteiger partial charge in [-0.05, 0) is 39.0 Å². The average Bonchev–Trinajstić information content (AvgIpc) is 3.06. The lowest BCUT2D eigenvalue weighted by atomic mass is 10.3. The maximum Gasteiger partial charge on any atom is 0.341 e. The molecule has 140 valence electrons. The van der Waals surface area contributed by atoms with E-state index in [1.54, 1.807) is 19.1 Å². The molecular formula is C18H21ClN2O4S. The second-order valence-electron chi connectivity index (χ2n) is 5.76. The predicted molar refractivity (Wildman–Crippen MR) is 102 cm³/mol. The summed E-state index contributed by atoms with van der Waals surface area (Å²) in [6.07, 6.45) is 4.51. The number of esters is 1. The Morgan fingerprint density at radius 2 is 2.00 bits per heavy atom. The number of hydrogen-bond donors (Lipinski definition) is 2. The SMILES string of the molecule is CCOC(=O)c1c[nH]cc1S(=O)(=O)c1cc(Cl)ccc1NCC=C(C)C. The molecule has 0 aliphatic carbocycles. The molecule has 0 spiro atoms. The molecule has 0 aliphatic heterocycles. The number of benzene rings is 1. The summed E-state index contributed by atoms with van der Waals surface area (Å²) < 4.78 is 31.2. The molecule has 0 fully saturated rings. The van der Waals surface area contributed by atoms with Crippen LogP contribution in [0.4, 0.5) is 5.69 Å². The first-order valence-corrected chi connectivity index (χ1v) is 9.89. The second kappa shape index (κ2) is 8.42. The number of sulfone groups is 1. The zero-order chi connectivity index (χ0) is 19.3. The number of aromatic nitrogens is 1. The number of carbonyl (C=O) groups is 1. The van der Waals surface area contributed by atoms with E-state index in [4.69, 9.17) is 16.3 Å². The number of allylic oxidation sites excluding steroid dienone is 1. The van der Waals surface area contributed by atoms with Gasteiger partial charge in [-0.1, -0.05) is 23.3 Å². The number of ether oxygens (including phenoxy) is 1. The fourth-order valence-electron chi connectivity index (χ4n) is 2.29. The van der Waals surface area contributed by atoms with E-state index in [-0.39, 0.29) is 27.0 Å². The van der Waals surface area contributed by atoms with Crippen LogP contribution in [-0.4, -0.2) is 32.5 Å². The molecule has 2 rings (SSSR count). The first-order valence-electron chi connectivity index (χ1n) is 8.03. The summed E-state index contributed by atoms with van der Waals surface area (Å²) in [4.78, 5) is 14.6. The molecule has 0 bridgehead atoms. The van der Waals surface area contributed by atoms with Gasteiger partial charge in [-0.3, -0.25) is 0 Å². The number of hydrogen-bond acceptors (Lipinski definition) is 5. The minimum absolute atomic E-state index is 0.00250. The standard InChI is InChI=1S/C18H21ClN2O4S/c1-4-25-18(22)14-10-20-11-17(14)26(23,24)16-9-13(19)5-6-15(16)21-8-7-12(2)3/h5-7,9-11,20-21H,4,8H2,1-3H3. The monoisotopic (exact) mass is 396 g/mol. The van der Waals surface area contributed by atoms with Crippen LogP contribution in [0.2, 0.25) is 5.02 Å². The van der Waals surface area contributed by atoms with Gasteiger partial charge in [-0.2, -0.15) is 0 Å². The number of nitrogens with one attached hydrogen (secondary N) is 2. The smallest absolute Gasteiger partial charge is 0.341 e. The lowest BCUT2D eigenvalue weighted by molar-refractivity contribution is 0.0522. The molecule has 2 N–H and O–H groups in total. The van der Waals surface area contributed by atoms with Crippen molar-refractivity contribution in [2.24, 2.45) is 0 Å². The van der Waals surface area contributed by atoms with Crippen LogP contribution < -0.4 is 5.32 Å². The topological polar surface area (TPSA) is 88.3 Å². The molecule has 0 saturated heterocycles. The molecule has 6 nitrogen and oxygen atoms in total. The van der Waals surface area contributed by atoms with E-state index >= 15 is 0 Å². The van der Waals surface area contributed by atoms with Crippen molar-refractivity contribution in [3.05, 3.63) is 52.8 Å². The first-order chi connectivity index (χ1) is 12.3. The number of aromatic amines is 1. The Balaban J connectivity index is 2.50. The van der Waals surface area contributed by atoms with Crippen molar-refractivity contribution in [2.45, 2.75) is 30.6 Å². The zero-order valence-corrected chi connectivity index (χ0v) is 16.4. The number of carbonyl (C=O) groups excluding carboxylic acids is 1. The Morgan fingerprint density at radius 1 is 1.27 bits per heavy atom. The van der Waals surface area contributed by atoms with E-state index in [1.807, 2.05) is 19.9 Å². The van der Waals surface area contributed by atoms with E-state index in [1.165, 1.54) is 18.5 Å². The molecule has 0 unspecified atom stereocenters. The van der Waals surface area contributed by atoms with Crippen LogP contribution in [0.25, 0.3) is 0 Å². The van der Waals surface area contributed by atoms with E-state index in [9.17, 15) is 13.2 Å². The van der Waals surface area contributed by atoms with Crippen molar-refractivity contribution < 1.29 is 17.9 Å². The van der Waals surface area contributed by atoms with Gasteiger partial charge in [0.2, 0.25) is 9.84 Å². The maximum atomic E-state index is 13.2. The van der Waals surface area contributed by atoms with Crippen molar-refractivity contribution >= 4 is 33.1 Å². The number of rotatable bonds is 7. The van der Waals surface area contributed by atoms with Crippen molar-refractivity contribution in [2.75, 3.05) is 18.5 Å². The van der Waals surface area contributed by atoms with E-state index in [0.29, 0.717) is 12.2 Å². The van der Waals surface area contributed by atoms with Gasteiger partial charge in [-0.15, -0.1) is 0 Å². The highest BCUT2D eigenvalue weighted by molar-refractivity contribution is 7.91. The predicted octanol–water partition coefficient (Wildman–Crippen LogP) is 4.06. The van der Waals surface area contributed by atoms with Gasteiger partial charge < -0.3 is 15.0 Å². The molecule has 1 aromatic heterocycles. The Morgan fingerprint density at radius 3 is 2.65 bits per heavy atom. The summed E-state index contributed by atoms with van der Waals surface area (Å²) in [7, 11) is -3.99. The molecule has 8 heteroatoms. The van der Waals surface area contributed by atoms with E-state index in [0.717, 1.165) is 5.57 Å². The molecule has 1 heterocycles. The average molecular weight is 397 g/mol. The van der Waals surface area contributed by atoms with Crippen molar-refractivity contribution in [1.82, 2.24) is 4.98 Å². The Kier molecular flexibility index (Phi) is 6.50. The Hall–Kier alpha value is -2.25. The minimum atomic E-state index is -3.99. The molecule has 1 aromatic carbocycles. The van der Waals surface area contributed by atoms with Crippen molar-refractivity contribution in [1.29, 1.82) is 0 Å². The van der Waals surface area contributed by atoms with Gasteiger partial charge in [0, 0.05) is 24.0 Å². The summed E-state index contributed by atoms with van der Waals surface area (Å²) in [5, 5.41) is 3.36. The highest BCUT2D eigenvalue weighted by atomic mass is 35.5. The van der Waals surface area contributed by atoms with E-state index in [2.05, 4.69) is 10.3 Å². The number of anilines is 1.